The van der Waals surface area contributed by atoms with Crippen LogP contribution < -0.4 is 16.4 Å². The number of benzene rings is 1. The summed E-state index contributed by atoms with van der Waals surface area (Å²) in [7, 11) is 0. The molecule has 0 aliphatic rings. The van der Waals surface area contributed by atoms with Crippen molar-refractivity contribution in [2.24, 2.45) is 0 Å². The SMILES string of the molecule is CCNC(=O)n1c(N)cc2cc(-c3cc(NC(=O)N(CC)CC)ncn3)ccc21. The Hall–Kier alpha value is -3.62. The van der Waals surface area contributed by atoms with E-state index in [0.29, 0.717) is 42.5 Å². The lowest BCUT2D eigenvalue weighted by molar-refractivity contribution is 0.217. The summed E-state index contributed by atoms with van der Waals surface area (Å²) < 4.78 is 1.44. The van der Waals surface area contributed by atoms with E-state index in [-0.39, 0.29) is 12.1 Å². The summed E-state index contributed by atoms with van der Waals surface area (Å²) in [5.41, 5.74) is 8.22. The monoisotopic (exact) mass is 395 g/mol. The maximum absolute atomic E-state index is 12.3. The number of hydrogen-bond donors (Lipinski definition) is 3. The van der Waals surface area contributed by atoms with Crippen LogP contribution in [-0.2, 0) is 0 Å². The van der Waals surface area contributed by atoms with Gasteiger partial charge in [0.25, 0.3) is 0 Å². The number of urea groups is 1. The average Bonchev–Trinajstić information content (AvgIpc) is 3.04. The highest BCUT2D eigenvalue weighted by Gasteiger charge is 2.15. The highest BCUT2D eigenvalue weighted by Crippen LogP contribution is 2.27. The summed E-state index contributed by atoms with van der Waals surface area (Å²) in [6, 6.07) is 8.57. The first kappa shape index (κ1) is 20.1. The van der Waals surface area contributed by atoms with Gasteiger partial charge in [-0.1, -0.05) is 6.07 Å². The van der Waals surface area contributed by atoms with Gasteiger partial charge in [-0.15, -0.1) is 0 Å². The number of anilines is 2. The van der Waals surface area contributed by atoms with Crippen LogP contribution in [0.1, 0.15) is 20.8 Å². The minimum Gasteiger partial charge on any atom is -0.385 e. The number of carbonyl (C=O) groups excluding carboxylic acids is 2. The van der Waals surface area contributed by atoms with Gasteiger partial charge in [-0.2, -0.15) is 0 Å². The number of fused-ring (bicyclic) bond motifs is 1. The van der Waals surface area contributed by atoms with Crippen molar-refractivity contribution in [2.45, 2.75) is 20.8 Å². The van der Waals surface area contributed by atoms with E-state index in [0.717, 1.165) is 10.9 Å². The third-order valence-corrected chi connectivity index (χ3v) is 4.61. The first-order valence-electron chi connectivity index (χ1n) is 9.56. The number of nitrogens with one attached hydrogen (secondary N) is 2. The fourth-order valence-electron chi connectivity index (χ4n) is 3.14. The van der Waals surface area contributed by atoms with E-state index < -0.39 is 0 Å². The Morgan fingerprint density at radius 3 is 2.55 bits per heavy atom. The maximum atomic E-state index is 12.3. The molecular weight excluding hydrogens is 370 g/mol. The fourth-order valence-corrected chi connectivity index (χ4v) is 3.14. The van der Waals surface area contributed by atoms with Crippen LogP contribution in [0.2, 0.25) is 0 Å². The molecule has 0 atom stereocenters. The number of amides is 3. The molecule has 2 aromatic heterocycles. The van der Waals surface area contributed by atoms with Crippen LogP contribution in [0.15, 0.2) is 36.7 Å². The third-order valence-electron chi connectivity index (χ3n) is 4.61. The predicted molar refractivity (Wildman–Crippen MR) is 114 cm³/mol. The summed E-state index contributed by atoms with van der Waals surface area (Å²) in [6.45, 7) is 7.43. The Balaban J connectivity index is 1.91. The van der Waals surface area contributed by atoms with E-state index in [4.69, 9.17) is 5.73 Å². The summed E-state index contributed by atoms with van der Waals surface area (Å²) in [4.78, 5) is 34.6. The van der Waals surface area contributed by atoms with Gasteiger partial charge in [0.15, 0.2) is 0 Å². The zero-order valence-corrected chi connectivity index (χ0v) is 16.8. The number of hydrogen-bond acceptors (Lipinski definition) is 5. The van der Waals surface area contributed by atoms with Crippen molar-refractivity contribution in [2.75, 3.05) is 30.7 Å². The number of nitrogens with zero attached hydrogens (tertiary/aromatic N) is 4. The zero-order valence-electron chi connectivity index (χ0n) is 16.8. The largest absolute Gasteiger partial charge is 0.385 e. The molecule has 1 aromatic carbocycles. The molecule has 0 spiro atoms. The molecule has 9 heteroatoms. The van der Waals surface area contributed by atoms with Crippen molar-refractivity contribution in [3.63, 3.8) is 0 Å². The Morgan fingerprint density at radius 1 is 1.10 bits per heavy atom. The topological polar surface area (TPSA) is 118 Å². The molecule has 2 heterocycles. The lowest BCUT2D eigenvalue weighted by atomic mass is 10.1. The standard InChI is InChI=1S/C20H25N7O2/c1-4-22-19(28)27-16-8-7-13(9-14(16)10-17(27)21)15-11-18(24-12-23-15)25-20(29)26(5-2)6-3/h7-12H,4-6,21H2,1-3H3,(H,22,28)(H,23,24,25,29). The molecule has 0 radical (unpaired) electrons. The second-order valence-electron chi connectivity index (χ2n) is 6.40. The normalized spacial score (nSPS) is 10.7. The molecule has 4 N–H and O–H groups in total. The average molecular weight is 395 g/mol. The Labute approximate surface area is 168 Å². The van der Waals surface area contributed by atoms with E-state index >= 15 is 0 Å². The van der Waals surface area contributed by atoms with Crippen molar-refractivity contribution in [1.82, 2.24) is 24.8 Å². The number of aromatic nitrogens is 3. The Kier molecular flexibility index (Phi) is 5.96. The fraction of sp³-hybridized carbons (Fsp3) is 0.300. The van der Waals surface area contributed by atoms with Crippen molar-refractivity contribution >= 4 is 34.6 Å². The van der Waals surface area contributed by atoms with Gasteiger partial charge in [-0.25, -0.2) is 24.1 Å². The van der Waals surface area contributed by atoms with Crippen molar-refractivity contribution < 1.29 is 9.59 Å². The molecule has 3 amide bonds. The molecule has 9 nitrogen and oxygen atoms in total. The van der Waals surface area contributed by atoms with Gasteiger partial charge in [-0.3, -0.25) is 5.32 Å². The van der Waals surface area contributed by atoms with Crippen LogP contribution in [0.5, 0.6) is 0 Å². The molecular formula is C20H25N7O2. The second kappa shape index (κ2) is 8.59. The molecule has 0 saturated carbocycles. The third kappa shape index (κ3) is 4.13. The Morgan fingerprint density at radius 2 is 1.86 bits per heavy atom. The number of nitrogens with two attached hydrogens (primary N) is 1. The quantitative estimate of drug-likeness (QED) is 0.613. The van der Waals surface area contributed by atoms with Gasteiger partial charge in [-0.05, 0) is 39.0 Å². The molecule has 0 saturated heterocycles. The van der Waals surface area contributed by atoms with Crippen molar-refractivity contribution in [3.8, 4) is 11.3 Å². The number of rotatable bonds is 5. The molecule has 0 unspecified atom stereocenters. The highest BCUT2D eigenvalue weighted by atomic mass is 16.2. The predicted octanol–water partition coefficient (Wildman–Crippen LogP) is 3.13. The minimum absolute atomic E-state index is 0.207. The molecule has 0 bridgehead atoms. The van der Waals surface area contributed by atoms with Crippen molar-refractivity contribution in [3.05, 3.63) is 36.7 Å². The van der Waals surface area contributed by atoms with Crippen LogP contribution in [-0.4, -0.2) is 51.1 Å². The van der Waals surface area contributed by atoms with E-state index in [1.807, 2.05) is 39.0 Å². The van der Waals surface area contributed by atoms with Crippen LogP contribution in [0, 0.1) is 0 Å². The summed E-state index contributed by atoms with van der Waals surface area (Å²) in [6.07, 6.45) is 1.41. The molecule has 29 heavy (non-hydrogen) atoms. The number of nitrogen functional groups attached to an aromatic ring is 1. The second-order valence-corrected chi connectivity index (χ2v) is 6.40. The van der Waals surface area contributed by atoms with Gasteiger partial charge in [0.05, 0.1) is 11.2 Å². The van der Waals surface area contributed by atoms with E-state index in [2.05, 4.69) is 20.6 Å². The Bertz CT molecular complexity index is 1040. The summed E-state index contributed by atoms with van der Waals surface area (Å²) in [5.74, 6) is 0.782. The lowest BCUT2D eigenvalue weighted by Gasteiger charge is -2.18. The summed E-state index contributed by atoms with van der Waals surface area (Å²) in [5, 5.41) is 6.36. The van der Waals surface area contributed by atoms with Gasteiger partial charge >= 0.3 is 12.1 Å². The smallest absolute Gasteiger partial charge is 0.327 e. The summed E-state index contributed by atoms with van der Waals surface area (Å²) >= 11 is 0. The molecule has 3 aromatic rings. The van der Waals surface area contributed by atoms with Gasteiger partial charge < -0.3 is 16.0 Å². The molecule has 0 aliphatic carbocycles. The zero-order chi connectivity index (χ0) is 21.0. The van der Waals surface area contributed by atoms with Crippen LogP contribution in [0.4, 0.5) is 21.2 Å². The molecule has 152 valence electrons. The number of carbonyl (C=O) groups is 2. The van der Waals surface area contributed by atoms with Crippen LogP contribution in [0.25, 0.3) is 22.2 Å². The highest BCUT2D eigenvalue weighted by molar-refractivity contribution is 5.97. The molecule has 0 aliphatic heterocycles. The van der Waals surface area contributed by atoms with Crippen molar-refractivity contribution in [1.29, 1.82) is 0 Å². The van der Waals surface area contributed by atoms with Crippen LogP contribution in [0.3, 0.4) is 0 Å². The van der Waals surface area contributed by atoms with Gasteiger partial charge in [0.2, 0.25) is 0 Å². The van der Waals surface area contributed by atoms with Gasteiger partial charge in [0, 0.05) is 36.7 Å². The lowest BCUT2D eigenvalue weighted by Crippen LogP contribution is -2.34. The van der Waals surface area contributed by atoms with Gasteiger partial charge in [0.1, 0.15) is 18.0 Å². The molecule has 3 rings (SSSR count). The maximum Gasteiger partial charge on any atom is 0.327 e. The van der Waals surface area contributed by atoms with E-state index in [9.17, 15) is 9.59 Å². The van der Waals surface area contributed by atoms with Crippen LogP contribution >= 0.6 is 0 Å². The molecule has 0 fully saturated rings. The van der Waals surface area contributed by atoms with E-state index in [1.54, 1.807) is 17.0 Å². The first-order valence-corrected chi connectivity index (χ1v) is 9.56. The van der Waals surface area contributed by atoms with E-state index in [1.165, 1.54) is 10.9 Å². The first-order chi connectivity index (χ1) is 14.0. The minimum atomic E-state index is -0.267.